The predicted molar refractivity (Wildman–Crippen MR) is 93.5 cm³/mol. The zero-order valence-corrected chi connectivity index (χ0v) is 14.8. The van der Waals surface area contributed by atoms with Gasteiger partial charge >= 0.3 is 0 Å². The van der Waals surface area contributed by atoms with E-state index in [0.717, 1.165) is 12.1 Å². The lowest BCUT2D eigenvalue weighted by atomic mass is 10.0. The van der Waals surface area contributed by atoms with Gasteiger partial charge in [-0.3, -0.25) is 4.79 Å². The molecule has 0 aliphatic heterocycles. The monoisotopic (exact) mass is 335 g/mol. The Hall–Kier alpha value is -0.810. The van der Waals surface area contributed by atoms with E-state index in [2.05, 4.69) is 27.7 Å². The third-order valence-corrected chi connectivity index (χ3v) is 3.02. The van der Waals surface area contributed by atoms with Crippen molar-refractivity contribution in [1.29, 1.82) is 0 Å². The molecule has 1 aromatic rings. The molecule has 122 valence electrons. The van der Waals surface area contributed by atoms with Gasteiger partial charge in [-0.2, -0.15) is 0 Å². The summed E-state index contributed by atoms with van der Waals surface area (Å²) >= 11 is 0. The Morgan fingerprint density at radius 3 is 2.24 bits per heavy atom. The molecule has 2 N–H and O–H groups in total. The van der Waals surface area contributed by atoms with Gasteiger partial charge in [0.05, 0.1) is 6.04 Å². The van der Waals surface area contributed by atoms with Crippen LogP contribution in [0.25, 0.3) is 0 Å². The number of benzene rings is 1. The molecule has 0 radical (unpaired) electrons. The van der Waals surface area contributed by atoms with Gasteiger partial charge in [0.25, 0.3) is 0 Å². The number of amides is 1. The van der Waals surface area contributed by atoms with Crippen LogP contribution < -0.4 is 10.6 Å². The SMILES string of the molecule is CNCC(C)C(=O)NC(CN(C)C)c1ccccc1.Cl.Cl. The second kappa shape index (κ2) is 11.8. The molecule has 0 saturated heterocycles. The fourth-order valence-electron chi connectivity index (χ4n) is 2.00. The molecular formula is C15H27Cl2N3O. The molecule has 6 heteroatoms. The Morgan fingerprint density at radius 2 is 1.76 bits per heavy atom. The van der Waals surface area contributed by atoms with E-state index in [0.29, 0.717) is 6.54 Å². The van der Waals surface area contributed by atoms with Gasteiger partial charge in [0.2, 0.25) is 5.91 Å². The van der Waals surface area contributed by atoms with Crippen molar-refractivity contribution < 1.29 is 4.79 Å². The zero-order valence-electron chi connectivity index (χ0n) is 13.1. The molecule has 2 unspecified atom stereocenters. The summed E-state index contributed by atoms with van der Waals surface area (Å²) in [5.41, 5.74) is 1.14. The molecule has 0 spiro atoms. The molecule has 0 aromatic heterocycles. The Bertz CT molecular complexity index is 388. The number of nitrogens with one attached hydrogen (secondary N) is 2. The fourth-order valence-corrected chi connectivity index (χ4v) is 2.00. The molecule has 0 aliphatic carbocycles. The summed E-state index contributed by atoms with van der Waals surface area (Å²) < 4.78 is 0. The van der Waals surface area contributed by atoms with E-state index >= 15 is 0 Å². The number of likely N-dealkylation sites (N-methyl/N-ethyl adjacent to an activating group) is 1. The first-order chi connectivity index (χ1) is 9.04. The minimum absolute atomic E-state index is 0. The van der Waals surface area contributed by atoms with Crippen LogP contribution in [0.5, 0.6) is 0 Å². The molecule has 0 fully saturated rings. The lowest BCUT2D eigenvalue weighted by Crippen LogP contribution is -2.40. The topological polar surface area (TPSA) is 44.4 Å². The second-order valence-corrected chi connectivity index (χ2v) is 5.19. The van der Waals surface area contributed by atoms with E-state index in [4.69, 9.17) is 0 Å². The van der Waals surface area contributed by atoms with Crippen molar-refractivity contribution >= 4 is 30.7 Å². The van der Waals surface area contributed by atoms with E-state index in [9.17, 15) is 4.79 Å². The van der Waals surface area contributed by atoms with E-state index < -0.39 is 0 Å². The highest BCUT2D eigenvalue weighted by molar-refractivity contribution is 5.85. The lowest BCUT2D eigenvalue weighted by molar-refractivity contribution is -0.125. The average Bonchev–Trinajstić information content (AvgIpc) is 2.38. The number of hydrogen-bond donors (Lipinski definition) is 2. The average molecular weight is 336 g/mol. The van der Waals surface area contributed by atoms with Crippen molar-refractivity contribution in [3.05, 3.63) is 35.9 Å². The molecule has 21 heavy (non-hydrogen) atoms. The highest BCUT2D eigenvalue weighted by atomic mass is 35.5. The summed E-state index contributed by atoms with van der Waals surface area (Å²) in [7, 11) is 5.89. The highest BCUT2D eigenvalue weighted by Crippen LogP contribution is 2.14. The van der Waals surface area contributed by atoms with Crippen LogP contribution in [0.15, 0.2) is 30.3 Å². The third kappa shape index (κ3) is 8.27. The summed E-state index contributed by atoms with van der Waals surface area (Å²) in [6.07, 6.45) is 0. The van der Waals surface area contributed by atoms with Crippen LogP contribution in [0.4, 0.5) is 0 Å². The van der Waals surface area contributed by atoms with Gasteiger partial charge in [-0.25, -0.2) is 0 Å². The lowest BCUT2D eigenvalue weighted by Gasteiger charge is -2.24. The zero-order chi connectivity index (χ0) is 14.3. The van der Waals surface area contributed by atoms with Crippen LogP contribution >= 0.6 is 24.8 Å². The second-order valence-electron chi connectivity index (χ2n) is 5.19. The van der Waals surface area contributed by atoms with Crippen molar-refractivity contribution in [2.24, 2.45) is 5.92 Å². The minimum Gasteiger partial charge on any atom is -0.348 e. The maximum atomic E-state index is 12.1. The number of carbonyl (C=O) groups is 1. The minimum atomic E-state index is -0.0293. The van der Waals surface area contributed by atoms with Crippen molar-refractivity contribution in [2.75, 3.05) is 34.2 Å². The van der Waals surface area contributed by atoms with Gasteiger partial charge in [-0.1, -0.05) is 37.3 Å². The van der Waals surface area contributed by atoms with Gasteiger partial charge < -0.3 is 15.5 Å². The fraction of sp³-hybridized carbons (Fsp3) is 0.533. The van der Waals surface area contributed by atoms with Gasteiger partial charge in [0.15, 0.2) is 0 Å². The van der Waals surface area contributed by atoms with Crippen LogP contribution in [0.2, 0.25) is 0 Å². The number of rotatable bonds is 7. The molecule has 0 heterocycles. The van der Waals surface area contributed by atoms with E-state index in [1.807, 2.05) is 46.3 Å². The van der Waals surface area contributed by atoms with Gasteiger partial charge in [-0.05, 0) is 26.7 Å². The summed E-state index contributed by atoms with van der Waals surface area (Å²) in [5.74, 6) is 0.0587. The van der Waals surface area contributed by atoms with Crippen molar-refractivity contribution in [1.82, 2.24) is 15.5 Å². The molecule has 0 bridgehead atoms. The van der Waals surface area contributed by atoms with Crippen LogP contribution in [-0.2, 0) is 4.79 Å². The van der Waals surface area contributed by atoms with Crippen LogP contribution in [0.3, 0.4) is 0 Å². The third-order valence-electron chi connectivity index (χ3n) is 3.02. The van der Waals surface area contributed by atoms with E-state index in [1.165, 1.54) is 0 Å². The first-order valence-electron chi connectivity index (χ1n) is 6.69. The van der Waals surface area contributed by atoms with Gasteiger partial charge in [-0.15, -0.1) is 24.8 Å². The maximum absolute atomic E-state index is 12.1. The number of carbonyl (C=O) groups excluding carboxylic acids is 1. The highest BCUT2D eigenvalue weighted by Gasteiger charge is 2.18. The van der Waals surface area contributed by atoms with Crippen LogP contribution in [-0.4, -0.2) is 45.0 Å². The Kier molecular flexibility index (Phi) is 12.6. The van der Waals surface area contributed by atoms with Gasteiger partial charge in [0, 0.05) is 19.0 Å². The molecular weight excluding hydrogens is 309 g/mol. The quantitative estimate of drug-likeness (QED) is 0.802. The maximum Gasteiger partial charge on any atom is 0.224 e. The van der Waals surface area contributed by atoms with Crippen molar-refractivity contribution in [3.8, 4) is 0 Å². The molecule has 1 amide bonds. The first kappa shape index (κ1) is 22.5. The smallest absolute Gasteiger partial charge is 0.224 e. The predicted octanol–water partition coefficient (Wildman–Crippen LogP) is 2.10. The Balaban J connectivity index is 0. The summed E-state index contributed by atoms with van der Waals surface area (Å²) in [4.78, 5) is 14.2. The van der Waals surface area contributed by atoms with Gasteiger partial charge in [0.1, 0.15) is 0 Å². The molecule has 1 aromatic carbocycles. The van der Waals surface area contributed by atoms with Crippen molar-refractivity contribution in [3.63, 3.8) is 0 Å². The Labute approximate surface area is 140 Å². The number of halogens is 2. The number of nitrogens with zero attached hydrogens (tertiary/aromatic N) is 1. The van der Waals surface area contributed by atoms with Crippen LogP contribution in [0.1, 0.15) is 18.5 Å². The van der Waals surface area contributed by atoms with Crippen molar-refractivity contribution in [2.45, 2.75) is 13.0 Å². The summed E-state index contributed by atoms with van der Waals surface area (Å²) in [6.45, 7) is 3.42. The van der Waals surface area contributed by atoms with E-state index in [-0.39, 0.29) is 42.7 Å². The summed E-state index contributed by atoms with van der Waals surface area (Å²) in [6, 6.07) is 10.1. The molecule has 1 rings (SSSR count). The van der Waals surface area contributed by atoms with Crippen LogP contribution in [0, 0.1) is 5.92 Å². The molecule has 4 nitrogen and oxygen atoms in total. The standard InChI is InChI=1S/C15H25N3O.2ClH/c1-12(10-16-2)15(19)17-14(11-18(3)4)13-8-6-5-7-9-13;;/h5-9,12,14,16H,10-11H2,1-4H3,(H,17,19);2*1H. The molecule has 0 aliphatic rings. The largest absolute Gasteiger partial charge is 0.348 e. The Morgan fingerprint density at radius 1 is 1.19 bits per heavy atom. The molecule has 0 saturated carbocycles. The normalized spacial score (nSPS) is 12.8. The summed E-state index contributed by atoms with van der Waals surface area (Å²) in [5, 5.41) is 6.16. The van der Waals surface area contributed by atoms with E-state index in [1.54, 1.807) is 0 Å². The molecule has 2 atom stereocenters. The first-order valence-corrected chi connectivity index (χ1v) is 6.69. The number of hydrogen-bond acceptors (Lipinski definition) is 3.